The molecule has 0 spiro atoms. The van der Waals surface area contributed by atoms with Crippen LogP contribution in [0.15, 0.2) is 48.5 Å². The van der Waals surface area contributed by atoms with Gasteiger partial charge in [-0.3, -0.25) is 0 Å². The first kappa shape index (κ1) is 14.7. The quantitative estimate of drug-likeness (QED) is 0.755. The van der Waals surface area contributed by atoms with E-state index in [1.165, 1.54) is 0 Å². The lowest BCUT2D eigenvalue weighted by atomic mass is 10.1. The molecule has 0 saturated carbocycles. The van der Waals surface area contributed by atoms with Gasteiger partial charge in [-0.1, -0.05) is 12.1 Å². The molecule has 5 heteroatoms. The zero-order chi connectivity index (χ0) is 15.2. The number of ether oxygens (including phenoxy) is 1. The molecule has 0 bridgehead atoms. The Balaban J connectivity index is 1.93. The number of benzene rings is 2. The predicted molar refractivity (Wildman–Crippen MR) is 84.4 cm³/mol. The number of amides is 2. The maximum Gasteiger partial charge on any atom is 0.319 e. The first-order chi connectivity index (χ1) is 10.1. The van der Waals surface area contributed by atoms with Crippen molar-refractivity contribution in [1.29, 1.82) is 0 Å². The summed E-state index contributed by atoms with van der Waals surface area (Å²) in [7, 11) is 1.62. The van der Waals surface area contributed by atoms with Gasteiger partial charge in [0.25, 0.3) is 0 Å². The summed E-state index contributed by atoms with van der Waals surface area (Å²) >= 11 is 0. The van der Waals surface area contributed by atoms with E-state index in [4.69, 9.17) is 10.5 Å². The molecule has 2 amide bonds. The molecule has 5 nitrogen and oxygen atoms in total. The number of urea groups is 1. The van der Waals surface area contributed by atoms with Gasteiger partial charge >= 0.3 is 6.03 Å². The number of anilines is 2. The van der Waals surface area contributed by atoms with Crippen LogP contribution in [0, 0.1) is 0 Å². The number of methoxy groups -OCH3 is 1. The van der Waals surface area contributed by atoms with Crippen LogP contribution in [-0.4, -0.2) is 13.1 Å². The highest BCUT2D eigenvalue weighted by molar-refractivity contribution is 5.89. The van der Waals surface area contributed by atoms with Crippen molar-refractivity contribution >= 4 is 17.4 Å². The topological polar surface area (TPSA) is 76.4 Å². The number of nitrogens with one attached hydrogen (secondary N) is 2. The average molecular weight is 285 g/mol. The number of carbonyl (C=O) groups excluding carboxylic acids is 1. The Labute approximate surface area is 124 Å². The monoisotopic (exact) mass is 285 g/mol. The molecule has 0 aromatic heterocycles. The molecule has 21 heavy (non-hydrogen) atoms. The summed E-state index contributed by atoms with van der Waals surface area (Å²) in [5.74, 6) is 0.789. The molecule has 4 N–H and O–H groups in total. The maximum atomic E-state index is 11.9. The zero-order valence-electron chi connectivity index (χ0n) is 12.1. The molecule has 0 aliphatic carbocycles. The van der Waals surface area contributed by atoms with Gasteiger partial charge in [0.2, 0.25) is 0 Å². The molecule has 1 unspecified atom stereocenters. The highest BCUT2D eigenvalue weighted by Gasteiger charge is 2.09. The van der Waals surface area contributed by atoms with Crippen molar-refractivity contribution in [3.05, 3.63) is 54.1 Å². The van der Waals surface area contributed by atoms with Crippen LogP contribution in [0.25, 0.3) is 0 Å². The Morgan fingerprint density at radius 1 is 1.10 bits per heavy atom. The number of carbonyl (C=O) groups is 1. The molecule has 1 atom stereocenters. The molecule has 0 radical (unpaired) electrons. The molecular formula is C16H19N3O2. The van der Waals surface area contributed by atoms with Gasteiger partial charge in [-0.15, -0.1) is 0 Å². The molecule has 2 aromatic rings. The van der Waals surface area contributed by atoms with E-state index in [2.05, 4.69) is 10.6 Å². The fourth-order valence-corrected chi connectivity index (χ4v) is 1.91. The van der Waals surface area contributed by atoms with Gasteiger partial charge in [0.1, 0.15) is 5.75 Å². The predicted octanol–water partition coefficient (Wildman–Crippen LogP) is 3.16. The van der Waals surface area contributed by atoms with Crippen molar-refractivity contribution in [2.24, 2.45) is 0 Å². The minimum Gasteiger partial charge on any atom is -0.497 e. The number of nitrogens with two attached hydrogens (primary N) is 1. The molecule has 0 fully saturated rings. The Kier molecular flexibility index (Phi) is 4.66. The first-order valence-corrected chi connectivity index (χ1v) is 6.65. The van der Waals surface area contributed by atoms with Gasteiger partial charge < -0.3 is 21.1 Å². The van der Waals surface area contributed by atoms with Crippen LogP contribution >= 0.6 is 0 Å². The van der Waals surface area contributed by atoms with Crippen LogP contribution in [0.1, 0.15) is 18.5 Å². The Morgan fingerprint density at radius 3 is 2.29 bits per heavy atom. The average Bonchev–Trinajstić information content (AvgIpc) is 2.49. The standard InChI is InChI=1S/C16H19N3O2/c1-11(12-3-9-15(21-2)10-4-12)18-16(20)19-14-7-5-13(17)6-8-14/h3-11H,17H2,1-2H3,(H2,18,19,20). The number of hydrogen-bond donors (Lipinski definition) is 3. The summed E-state index contributed by atoms with van der Waals surface area (Å²) in [4.78, 5) is 11.9. The van der Waals surface area contributed by atoms with Gasteiger partial charge in [-0.25, -0.2) is 4.79 Å². The zero-order valence-corrected chi connectivity index (χ0v) is 12.1. The van der Waals surface area contributed by atoms with E-state index >= 15 is 0 Å². The molecule has 2 rings (SSSR count). The van der Waals surface area contributed by atoms with E-state index in [0.29, 0.717) is 11.4 Å². The highest BCUT2D eigenvalue weighted by Crippen LogP contribution is 2.17. The lowest BCUT2D eigenvalue weighted by Gasteiger charge is -2.15. The summed E-state index contributed by atoms with van der Waals surface area (Å²) in [5.41, 5.74) is 7.96. The maximum absolute atomic E-state index is 11.9. The Hall–Kier alpha value is -2.69. The molecule has 0 aliphatic heterocycles. The Morgan fingerprint density at radius 2 is 1.71 bits per heavy atom. The van der Waals surface area contributed by atoms with E-state index in [1.54, 1.807) is 31.4 Å². The Bertz CT molecular complexity index is 594. The summed E-state index contributed by atoms with van der Waals surface area (Å²) < 4.78 is 5.11. The van der Waals surface area contributed by atoms with Gasteiger partial charge in [0.05, 0.1) is 13.2 Å². The van der Waals surface area contributed by atoms with Crippen molar-refractivity contribution in [2.45, 2.75) is 13.0 Å². The van der Waals surface area contributed by atoms with Crippen molar-refractivity contribution in [3.8, 4) is 5.75 Å². The molecule has 0 heterocycles. The number of nitrogen functional groups attached to an aromatic ring is 1. The van der Waals surface area contributed by atoms with Crippen LogP contribution in [0.2, 0.25) is 0 Å². The number of rotatable bonds is 4. The normalized spacial score (nSPS) is 11.5. The van der Waals surface area contributed by atoms with E-state index in [1.807, 2.05) is 31.2 Å². The van der Waals surface area contributed by atoms with Gasteiger partial charge in [-0.2, -0.15) is 0 Å². The summed E-state index contributed by atoms with van der Waals surface area (Å²) in [6.07, 6.45) is 0. The second-order valence-corrected chi connectivity index (χ2v) is 4.72. The lowest BCUT2D eigenvalue weighted by Crippen LogP contribution is -2.31. The third-order valence-electron chi connectivity index (χ3n) is 3.13. The first-order valence-electron chi connectivity index (χ1n) is 6.65. The molecule has 0 saturated heterocycles. The summed E-state index contributed by atoms with van der Waals surface area (Å²) in [6, 6.07) is 14.2. The summed E-state index contributed by atoms with van der Waals surface area (Å²) in [6.45, 7) is 1.92. The van der Waals surface area contributed by atoms with Crippen LogP contribution in [0.5, 0.6) is 5.75 Å². The summed E-state index contributed by atoms with van der Waals surface area (Å²) in [5, 5.41) is 5.64. The fraction of sp³-hybridized carbons (Fsp3) is 0.188. The van der Waals surface area contributed by atoms with Crippen LogP contribution in [0.4, 0.5) is 16.2 Å². The smallest absolute Gasteiger partial charge is 0.319 e. The van der Waals surface area contributed by atoms with Crippen LogP contribution in [-0.2, 0) is 0 Å². The second kappa shape index (κ2) is 6.65. The van der Waals surface area contributed by atoms with Crippen molar-refractivity contribution in [3.63, 3.8) is 0 Å². The van der Waals surface area contributed by atoms with Crippen molar-refractivity contribution < 1.29 is 9.53 Å². The minimum absolute atomic E-state index is 0.107. The van der Waals surface area contributed by atoms with Crippen LogP contribution < -0.4 is 21.1 Å². The minimum atomic E-state index is -0.261. The SMILES string of the molecule is COc1ccc(C(C)NC(=O)Nc2ccc(N)cc2)cc1. The van der Waals surface area contributed by atoms with Crippen molar-refractivity contribution in [1.82, 2.24) is 5.32 Å². The lowest BCUT2D eigenvalue weighted by molar-refractivity contribution is 0.249. The molecular weight excluding hydrogens is 266 g/mol. The third-order valence-corrected chi connectivity index (χ3v) is 3.13. The van der Waals surface area contributed by atoms with E-state index in [9.17, 15) is 4.79 Å². The van der Waals surface area contributed by atoms with Crippen LogP contribution in [0.3, 0.4) is 0 Å². The molecule has 2 aromatic carbocycles. The van der Waals surface area contributed by atoms with E-state index < -0.39 is 0 Å². The second-order valence-electron chi connectivity index (χ2n) is 4.72. The highest BCUT2D eigenvalue weighted by atomic mass is 16.5. The van der Waals surface area contributed by atoms with Gasteiger partial charge in [0.15, 0.2) is 0 Å². The third kappa shape index (κ3) is 4.14. The van der Waals surface area contributed by atoms with E-state index in [-0.39, 0.29) is 12.1 Å². The fourth-order valence-electron chi connectivity index (χ4n) is 1.91. The van der Waals surface area contributed by atoms with Gasteiger partial charge in [0, 0.05) is 11.4 Å². The molecule has 0 aliphatic rings. The van der Waals surface area contributed by atoms with Crippen molar-refractivity contribution in [2.75, 3.05) is 18.2 Å². The van der Waals surface area contributed by atoms with E-state index in [0.717, 1.165) is 11.3 Å². The number of hydrogen-bond acceptors (Lipinski definition) is 3. The largest absolute Gasteiger partial charge is 0.497 e. The van der Waals surface area contributed by atoms with Gasteiger partial charge in [-0.05, 0) is 48.9 Å². The molecule has 110 valence electrons.